The Balaban J connectivity index is 0.804. The number of rotatable bonds is 24. The summed E-state index contributed by atoms with van der Waals surface area (Å²) >= 11 is 1.23. The third-order valence-electron chi connectivity index (χ3n) is 14.0. The van der Waals surface area contributed by atoms with Crippen LogP contribution in [0.4, 0.5) is 21.1 Å². The number of carbonyl (C=O) groups is 7. The van der Waals surface area contributed by atoms with Crippen molar-refractivity contribution in [3.63, 3.8) is 0 Å². The molecule has 406 valence electrons. The fourth-order valence-electron chi connectivity index (χ4n) is 9.90. The van der Waals surface area contributed by atoms with Crippen LogP contribution in [0.2, 0.25) is 0 Å². The largest absolute Gasteiger partial charge is 0.445 e. The Hall–Kier alpha value is -7.62. The first-order chi connectivity index (χ1) is 37.2. The molecule has 0 spiro atoms. The molecule has 1 aliphatic carbocycles. The van der Waals surface area contributed by atoms with Crippen molar-refractivity contribution >= 4 is 86.7 Å². The first-order valence-corrected chi connectivity index (χ1v) is 27.4. The number of pyridine rings is 1. The van der Waals surface area contributed by atoms with E-state index < -0.39 is 65.0 Å². The number of unbranched alkanes of at least 4 members (excludes halogenated alkanes) is 2. The number of anilines is 2. The molecule has 2 aliphatic heterocycles. The summed E-state index contributed by atoms with van der Waals surface area (Å²) < 4.78 is 7.72. The maximum atomic E-state index is 14.0. The molecule has 2 saturated heterocycles. The number of thioether (sulfide) groups is 1. The summed E-state index contributed by atoms with van der Waals surface area (Å²) in [6.45, 7) is 6.84. The van der Waals surface area contributed by atoms with Gasteiger partial charge in [0.05, 0.1) is 28.2 Å². The number of hydrogen-bond donors (Lipinski definition) is 8. The highest BCUT2D eigenvalue weighted by Crippen LogP contribution is 2.49. The molecule has 21 heteroatoms. The summed E-state index contributed by atoms with van der Waals surface area (Å²) in [6, 6.07) is 26.5. The number of aryl methyl sites for hydroxylation is 2. The first-order valence-electron chi connectivity index (χ1n) is 26.4. The van der Waals surface area contributed by atoms with Gasteiger partial charge in [0.25, 0.3) is 5.91 Å². The number of ether oxygens (including phenoxy) is 1. The quantitative estimate of drug-likeness (QED) is 0.0261. The van der Waals surface area contributed by atoms with Crippen LogP contribution in [0.25, 0.3) is 21.9 Å². The molecule has 3 aromatic carbocycles. The fraction of sp³-hybridized carbons (Fsp3) is 0.411. The zero-order chi connectivity index (χ0) is 54.6. The van der Waals surface area contributed by atoms with E-state index in [4.69, 9.17) is 21.2 Å². The van der Waals surface area contributed by atoms with Crippen molar-refractivity contribution in [3.8, 4) is 0 Å². The number of urea groups is 1. The number of para-hydroxylation sites is 1. The van der Waals surface area contributed by atoms with Crippen molar-refractivity contribution < 1.29 is 38.3 Å². The molecule has 0 bridgehead atoms. The van der Waals surface area contributed by atoms with Crippen molar-refractivity contribution in [1.82, 2.24) is 46.2 Å². The smallest absolute Gasteiger partial charge is 0.407 e. The topological polar surface area (TPSA) is 287 Å². The monoisotopic (exact) mass is 1070 g/mol. The highest BCUT2D eigenvalue weighted by Gasteiger charge is 2.51. The van der Waals surface area contributed by atoms with Crippen LogP contribution < -0.4 is 43.5 Å². The Kier molecular flexibility index (Phi) is 18.7. The van der Waals surface area contributed by atoms with E-state index >= 15 is 0 Å². The van der Waals surface area contributed by atoms with Gasteiger partial charge in [-0.25, -0.2) is 30.0 Å². The minimum absolute atomic E-state index is 0.0227. The number of primary amides is 1. The molecular formula is C56H68N12O8S. The molecular weight excluding hydrogens is 1000 g/mol. The van der Waals surface area contributed by atoms with Crippen molar-refractivity contribution in [2.24, 2.45) is 11.7 Å². The fourth-order valence-corrected chi connectivity index (χ4v) is 11.1. The highest BCUT2D eigenvalue weighted by molar-refractivity contribution is 8.00. The molecule has 8 rings (SSSR count). The maximum Gasteiger partial charge on any atom is 0.407 e. The van der Waals surface area contributed by atoms with Gasteiger partial charge in [0.1, 0.15) is 30.0 Å². The number of nitrogen functional groups attached to an aromatic ring is 1. The molecule has 0 radical (unpaired) electrons. The van der Waals surface area contributed by atoms with E-state index in [-0.39, 0.29) is 55.9 Å². The second kappa shape index (κ2) is 25.9. The molecule has 10 N–H and O–H groups in total. The van der Waals surface area contributed by atoms with Crippen LogP contribution in [0.5, 0.6) is 0 Å². The lowest BCUT2D eigenvalue weighted by Gasteiger charge is -2.31. The number of imide groups is 1. The second-order valence-electron chi connectivity index (χ2n) is 19.8. The van der Waals surface area contributed by atoms with Crippen molar-refractivity contribution in [3.05, 3.63) is 120 Å². The summed E-state index contributed by atoms with van der Waals surface area (Å²) in [7, 11) is 0. The molecule has 2 fully saturated rings. The third kappa shape index (κ3) is 13.5. The van der Waals surface area contributed by atoms with Gasteiger partial charge in [-0.15, -0.1) is 11.8 Å². The molecule has 0 saturated carbocycles. The first kappa shape index (κ1) is 55.6. The number of alkyl carbamates (subject to hydrolysis) is 1. The zero-order valence-corrected chi connectivity index (χ0v) is 44.4. The summed E-state index contributed by atoms with van der Waals surface area (Å²) in [5.41, 5.74) is 20.0. The Bertz CT molecular complexity index is 3060. The maximum absolute atomic E-state index is 14.0. The van der Waals surface area contributed by atoms with Gasteiger partial charge in [-0.05, 0) is 72.9 Å². The lowest BCUT2D eigenvalue weighted by Crippen LogP contribution is -2.58. The van der Waals surface area contributed by atoms with Gasteiger partial charge < -0.3 is 42.0 Å². The minimum Gasteiger partial charge on any atom is -0.445 e. The molecule has 3 aliphatic rings. The third-order valence-corrected chi connectivity index (χ3v) is 15.3. The van der Waals surface area contributed by atoms with E-state index in [0.29, 0.717) is 42.1 Å². The van der Waals surface area contributed by atoms with Gasteiger partial charge in [0.15, 0.2) is 11.6 Å². The van der Waals surface area contributed by atoms with Gasteiger partial charge in [-0.1, -0.05) is 106 Å². The number of amides is 7. The minimum atomic E-state index is -1.10. The van der Waals surface area contributed by atoms with Crippen LogP contribution in [0.1, 0.15) is 100 Å². The number of imidazole rings is 1. The summed E-state index contributed by atoms with van der Waals surface area (Å²) in [5.74, 6) is -1.27. The Morgan fingerprint density at radius 3 is 2.30 bits per heavy atom. The number of ketones is 1. The lowest BCUT2D eigenvalue weighted by molar-refractivity contribution is -0.145. The average Bonchev–Trinajstić information content (AvgIpc) is 4.04. The number of aromatic nitrogens is 3. The van der Waals surface area contributed by atoms with Crippen LogP contribution in [0.15, 0.2) is 97.1 Å². The van der Waals surface area contributed by atoms with E-state index in [9.17, 15) is 33.6 Å². The SMILES string of the molecule is CCCCc1nc2c(N)nc3ccccc3c2n1CCCCNC(=O)OCc1ccc(NC(=O)C(CCCNC(N)=O)NC(=O)C(NN2C(=O)CC(SCC3NC4c5ccccccccc5C4C3=O)C2=O)C(C)C)cc1. The van der Waals surface area contributed by atoms with Crippen LogP contribution in [0, 0.1) is 5.92 Å². The number of nitrogens with two attached hydrogens (primary N) is 2. The average molecular weight is 1070 g/mol. The zero-order valence-electron chi connectivity index (χ0n) is 43.6. The number of nitrogens with zero attached hydrogens (tertiary/aromatic N) is 4. The molecule has 6 atom stereocenters. The number of nitrogens with one attached hydrogen (secondary N) is 6. The summed E-state index contributed by atoms with van der Waals surface area (Å²) in [4.78, 5) is 102. The molecule has 6 unspecified atom stereocenters. The molecule has 77 heavy (non-hydrogen) atoms. The van der Waals surface area contributed by atoms with Gasteiger partial charge in [-0.3, -0.25) is 29.3 Å². The Labute approximate surface area is 451 Å². The summed E-state index contributed by atoms with van der Waals surface area (Å²) in [6.07, 6.45) is 4.01. The number of hydrazine groups is 1. The van der Waals surface area contributed by atoms with Gasteiger partial charge >= 0.3 is 12.1 Å². The van der Waals surface area contributed by atoms with Crippen molar-refractivity contribution in [2.45, 2.75) is 121 Å². The van der Waals surface area contributed by atoms with Gasteiger partial charge in [0.2, 0.25) is 17.7 Å². The van der Waals surface area contributed by atoms with E-state index in [2.05, 4.69) is 48.5 Å². The second-order valence-corrected chi connectivity index (χ2v) is 21.0. The molecule has 7 amide bonds. The molecule has 5 aromatic rings. The normalized spacial score (nSPS) is 18.3. The van der Waals surface area contributed by atoms with Crippen molar-refractivity contribution in [2.75, 3.05) is 29.9 Å². The summed E-state index contributed by atoms with van der Waals surface area (Å²) in [5, 5.41) is 15.4. The van der Waals surface area contributed by atoms with E-state index in [1.807, 2.05) is 72.8 Å². The van der Waals surface area contributed by atoms with E-state index in [1.54, 1.807) is 38.1 Å². The van der Waals surface area contributed by atoms with Crippen molar-refractivity contribution in [1.29, 1.82) is 0 Å². The van der Waals surface area contributed by atoms with E-state index in [0.717, 1.165) is 64.1 Å². The van der Waals surface area contributed by atoms with Gasteiger partial charge in [0, 0.05) is 55.3 Å². The molecule has 20 nitrogen and oxygen atoms in total. The lowest BCUT2D eigenvalue weighted by atomic mass is 9.74. The molecule has 4 heterocycles. The van der Waals surface area contributed by atoms with E-state index in [1.165, 1.54) is 11.8 Å². The van der Waals surface area contributed by atoms with Crippen LogP contribution in [-0.2, 0) is 48.3 Å². The van der Waals surface area contributed by atoms with Gasteiger partial charge in [-0.2, -0.15) is 0 Å². The molecule has 2 aromatic heterocycles. The number of carbonyl (C=O) groups excluding carboxylic acids is 7. The highest BCUT2D eigenvalue weighted by atomic mass is 32.2. The number of fused-ring (bicyclic) bond motifs is 7. The van der Waals surface area contributed by atoms with Crippen LogP contribution in [-0.4, -0.2) is 103 Å². The number of Topliss-reactive ketones (excluding diaryl/α,β-unsaturated/α-hetero) is 1. The van der Waals surface area contributed by atoms with Crippen LogP contribution >= 0.6 is 11.8 Å². The Morgan fingerprint density at radius 1 is 0.844 bits per heavy atom. The number of benzene rings is 2. The Morgan fingerprint density at radius 2 is 1.56 bits per heavy atom. The van der Waals surface area contributed by atoms with Crippen LogP contribution in [0.3, 0.4) is 0 Å². The predicted octanol–water partition coefficient (Wildman–Crippen LogP) is 5.98. The standard InChI is InChI=1S/C56H68N12O8S/c1-4-5-22-43-65-48-49(38-19-12-13-20-39(38)63-51(48)57)67(43)29-15-14-27-60-56(75)76-31-34-23-25-35(26-24-34)61-52(71)40(21-16-28-59-55(58)74)64-53(72)46(33(2)3)66-68-44(69)30-42(54(68)73)77-32-41-50(70)45-36-17-10-8-6-7-9-11-18-37(36)47(45)62-41/h6-13,17-20,23-26,33,40-42,45-47,62,66H,4-5,14-16,21-22,27-32H2,1-3H3,(H2,57,63)(H,60,75)(H,61,71)(H,64,72)(H3,58,59,74). The number of hydrogen-bond acceptors (Lipinski definition) is 14. The predicted molar refractivity (Wildman–Crippen MR) is 295 cm³/mol.